The van der Waals surface area contributed by atoms with Crippen molar-refractivity contribution in [1.29, 1.82) is 0 Å². The summed E-state index contributed by atoms with van der Waals surface area (Å²) in [5, 5.41) is 26.2. The van der Waals surface area contributed by atoms with Gasteiger partial charge in [-0.25, -0.2) is 0 Å². The Hall–Kier alpha value is -5.62. The van der Waals surface area contributed by atoms with Gasteiger partial charge in [-0.3, -0.25) is 47.9 Å². The lowest BCUT2D eigenvalue weighted by molar-refractivity contribution is -0.135. The van der Waals surface area contributed by atoms with E-state index in [1.165, 1.54) is 44.9 Å². The van der Waals surface area contributed by atoms with Gasteiger partial charge in [0.05, 0.1) is 24.2 Å². The van der Waals surface area contributed by atoms with Crippen LogP contribution in [0.25, 0.3) is 0 Å². The minimum absolute atomic E-state index is 0.00599. The zero-order valence-electron chi connectivity index (χ0n) is 68.6. The second-order valence-corrected chi connectivity index (χ2v) is 30.5. The maximum absolute atomic E-state index is 15.3. The molecule has 636 valence electrons. The standard InChI is InChI=1S/C81H162N18O10/c1-4-7-10-13-16-19-22-25-28-49-66(72(90)100)94-78(106)69(50-29-26-23-20-17-14-11-8-5-2)97-80(108)70(51-30-27-24-21-18-15-12-9-6-3)98-81(109)71(99-79(107)68(96-76(104)65(89)48-34-41-58-85)53-36-43-60-92-74(102)63(87)46-32-39-56-83)54-37-44-61-93-77(105)67(95-75(103)64(88)47-33-40-57-84)52-35-42-59-91-73(101)62(86)45-31-38-55-82/h62-71H,4-61,82-89H2,1-3H3,(H2,90,100)(H,91,101)(H,92,102)(H,93,105)(H,94,106)(H,95,103)(H,96,104)(H,97,108)(H,98,109)(H,99,107)/t62-,63-,64-,65-,66?,67-,68-,69?,70?,71-/m0/s1. The van der Waals surface area contributed by atoms with E-state index in [1.54, 1.807) is 0 Å². The van der Waals surface area contributed by atoms with Crippen molar-refractivity contribution < 1.29 is 47.9 Å². The molecule has 0 radical (unpaired) electrons. The molecule has 27 N–H and O–H groups in total. The van der Waals surface area contributed by atoms with Crippen LogP contribution in [0.15, 0.2) is 0 Å². The van der Waals surface area contributed by atoms with Crippen LogP contribution in [0.3, 0.4) is 0 Å². The van der Waals surface area contributed by atoms with Crippen LogP contribution in [0, 0.1) is 0 Å². The van der Waals surface area contributed by atoms with Gasteiger partial charge in [0.25, 0.3) is 0 Å². The van der Waals surface area contributed by atoms with Crippen LogP contribution >= 0.6 is 0 Å². The molecule has 0 saturated carbocycles. The molecule has 0 aromatic heterocycles. The van der Waals surface area contributed by atoms with E-state index in [9.17, 15) is 38.4 Å². The lowest BCUT2D eigenvalue weighted by atomic mass is 10.0. The van der Waals surface area contributed by atoms with Crippen LogP contribution in [-0.4, -0.2) is 165 Å². The van der Waals surface area contributed by atoms with Crippen LogP contribution in [-0.2, 0) is 47.9 Å². The van der Waals surface area contributed by atoms with E-state index < -0.39 is 108 Å². The van der Waals surface area contributed by atoms with Gasteiger partial charge in [-0.1, -0.05) is 220 Å². The summed E-state index contributed by atoms with van der Waals surface area (Å²) in [6.07, 6.45) is 38.1. The van der Waals surface area contributed by atoms with Crippen molar-refractivity contribution in [3.63, 3.8) is 0 Å². The van der Waals surface area contributed by atoms with Crippen molar-refractivity contribution in [2.24, 2.45) is 51.6 Å². The Morgan fingerprint density at radius 2 is 0.394 bits per heavy atom. The van der Waals surface area contributed by atoms with E-state index in [0.29, 0.717) is 142 Å². The second kappa shape index (κ2) is 71.4. The maximum Gasteiger partial charge on any atom is 0.243 e. The molecule has 0 saturated heterocycles. The zero-order valence-corrected chi connectivity index (χ0v) is 68.6. The van der Waals surface area contributed by atoms with Crippen molar-refractivity contribution >= 4 is 59.1 Å². The normalized spacial score (nSPS) is 14.2. The number of hydrogen-bond acceptors (Lipinski definition) is 18. The first-order valence-corrected chi connectivity index (χ1v) is 43.4. The third kappa shape index (κ3) is 56.3. The number of carbonyl (C=O) groups excluding carboxylic acids is 10. The molecule has 0 aromatic carbocycles. The largest absolute Gasteiger partial charge is 0.368 e. The molecule has 28 nitrogen and oxygen atoms in total. The fraction of sp³-hybridized carbons (Fsp3) is 0.877. The molecular formula is C81H162N18O10. The summed E-state index contributed by atoms with van der Waals surface area (Å²) in [5.74, 6) is -5.37. The highest BCUT2D eigenvalue weighted by molar-refractivity contribution is 5.97. The number of rotatable bonds is 77. The molecule has 3 unspecified atom stereocenters. The Morgan fingerprint density at radius 3 is 0.642 bits per heavy atom. The van der Waals surface area contributed by atoms with E-state index in [1.807, 2.05) is 0 Å². The number of amides is 10. The fourth-order valence-corrected chi connectivity index (χ4v) is 13.3. The molecule has 10 amide bonds. The monoisotopic (exact) mass is 1550 g/mol. The predicted molar refractivity (Wildman–Crippen MR) is 440 cm³/mol. The summed E-state index contributed by atoms with van der Waals surface area (Å²) >= 11 is 0. The Morgan fingerprint density at radius 1 is 0.211 bits per heavy atom. The van der Waals surface area contributed by atoms with Gasteiger partial charge in [0, 0.05) is 19.6 Å². The van der Waals surface area contributed by atoms with E-state index in [-0.39, 0.29) is 69.8 Å². The average molecular weight is 1550 g/mol. The summed E-state index contributed by atoms with van der Waals surface area (Å²) in [6.45, 7) is 9.03. The van der Waals surface area contributed by atoms with E-state index >= 15 is 9.59 Å². The predicted octanol–water partition coefficient (Wildman–Crippen LogP) is 6.83. The first-order valence-electron chi connectivity index (χ1n) is 43.4. The molecule has 0 aliphatic rings. The van der Waals surface area contributed by atoms with Crippen molar-refractivity contribution in [1.82, 2.24) is 47.9 Å². The molecule has 0 aliphatic carbocycles. The van der Waals surface area contributed by atoms with Gasteiger partial charge in [-0.2, -0.15) is 0 Å². The van der Waals surface area contributed by atoms with Gasteiger partial charge in [0.1, 0.15) is 36.3 Å². The summed E-state index contributed by atoms with van der Waals surface area (Å²) in [6, 6.07) is -9.99. The molecular weight excluding hydrogens is 1390 g/mol. The molecule has 0 rings (SSSR count). The first-order chi connectivity index (χ1) is 52.6. The third-order valence-corrected chi connectivity index (χ3v) is 20.5. The molecule has 0 heterocycles. The zero-order chi connectivity index (χ0) is 80.9. The quantitative estimate of drug-likeness (QED) is 0.0277. The number of hydrogen-bond donors (Lipinski definition) is 18. The number of nitrogens with two attached hydrogens (primary N) is 9. The lowest BCUT2D eigenvalue weighted by Gasteiger charge is -2.27. The van der Waals surface area contributed by atoms with Crippen LogP contribution in [0.4, 0.5) is 0 Å². The van der Waals surface area contributed by atoms with Crippen LogP contribution in [0.2, 0.25) is 0 Å². The van der Waals surface area contributed by atoms with Crippen LogP contribution in [0.5, 0.6) is 0 Å². The number of unbranched alkanes of at least 4 members (excludes halogenated alkanes) is 31. The van der Waals surface area contributed by atoms with E-state index in [0.717, 1.165) is 128 Å². The molecule has 0 aliphatic heterocycles. The van der Waals surface area contributed by atoms with Crippen molar-refractivity contribution in [3.8, 4) is 0 Å². The summed E-state index contributed by atoms with van der Waals surface area (Å²) < 4.78 is 0. The number of carbonyl (C=O) groups is 10. The SMILES string of the molecule is CCCCCCCCCCCC(NC(=O)C(CCCCCCCCCCC)NC(=O)C(CCCCCCCCCCC)NC(=O)[C@H](CCCCNC(=O)[C@H](CCCCNC(=O)[C@@H](N)CCCCN)NC(=O)[C@@H](N)CCCCN)NC(=O)[C@H](CCCCNC(=O)[C@@H](N)CCCCN)NC(=O)[C@@H](N)CCCCN)C(N)=O. The highest BCUT2D eigenvalue weighted by Gasteiger charge is 2.33. The maximum atomic E-state index is 15.3. The molecule has 0 bridgehead atoms. The van der Waals surface area contributed by atoms with Crippen LogP contribution in [0.1, 0.15) is 348 Å². The Bertz CT molecular complexity index is 2370. The van der Waals surface area contributed by atoms with Gasteiger partial charge < -0.3 is 99.5 Å². The molecule has 109 heavy (non-hydrogen) atoms. The number of primary amides is 1. The van der Waals surface area contributed by atoms with E-state index in [2.05, 4.69) is 68.6 Å². The fourth-order valence-electron chi connectivity index (χ4n) is 13.3. The minimum Gasteiger partial charge on any atom is -0.368 e. The van der Waals surface area contributed by atoms with Gasteiger partial charge in [0.2, 0.25) is 59.1 Å². The summed E-state index contributed by atoms with van der Waals surface area (Å²) in [4.78, 5) is 140. The highest BCUT2D eigenvalue weighted by Crippen LogP contribution is 2.18. The Labute approximate surface area is 658 Å². The molecule has 10 atom stereocenters. The number of nitrogens with one attached hydrogen (secondary N) is 9. The Kier molecular flexibility index (Phi) is 67.7. The Balaban J connectivity index is 7.51. The van der Waals surface area contributed by atoms with Gasteiger partial charge >= 0.3 is 0 Å². The van der Waals surface area contributed by atoms with E-state index in [4.69, 9.17) is 51.6 Å². The molecule has 0 spiro atoms. The third-order valence-electron chi connectivity index (χ3n) is 20.5. The second-order valence-electron chi connectivity index (χ2n) is 30.5. The molecule has 0 fully saturated rings. The van der Waals surface area contributed by atoms with Gasteiger partial charge in [0.15, 0.2) is 0 Å². The summed E-state index contributed by atoms with van der Waals surface area (Å²) in [5.41, 5.74) is 53.6. The van der Waals surface area contributed by atoms with Crippen LogP contribution < -0.4 is 99.5 Å². The highest BCUT2D eigenvalue weighted by atomic mass is 16.2. The smallest absolute Gasteiger partial charge is 0.243 e. The molecule has 0 aromatic rings. The van der Waals surface area contributed by atoms with Crippen molar-refractivity contribution in [3.05, 3.63) is 0 Å². The minimum atomic E-state index is -1.31. The first kappa shape index (κ1) is 103. The van der Waals surface area contributed by atoms with Gasteiger partial charge in [-0.15, -0.1) is 0 Å². The van der Waals surface area contributed by atoms with Crippen molar-refractivity contribution in [2.75, 3.05) is 45.8 Å². The van der Waals surface area contributed by atoms with Gasteiger partial charge in [-0.05, 0) is 155 Å². The topological polar surface area (TPSA) is 513 Å². The summed E-state index contributed by atoms with van der Waals surface area (Å²) in [7, 11) is 0. The molecule has 28 heteroatoms. The average Bonchev–Trinajstić information content (AvgIpc) is 0.859. The van der Waals surface area contributed by atoms with Crippen molar-refractivity contribution in [2.45, 2.75) is 409 Å². The lowest BCUT2D eigenvalue weighted by Crippen LogP contribution is -2.59.